The summed E-state index contributed by atoms with van der Waals surface area (Å²) in [5.74, 6) is 0. The van der Waals surface area contributed by atoms with Crippen LogP contribution < -0.4 is 0 Å². The van der Waals surface area contributed by atoms with Gasteiger partial charge in [0.15, 0.2) is 0 Å². The van der Waals surface area contributed by atoms with Gasteiger partial charge in [0, 0.05) is 9.79 Å². The number of benzene rings is 2. The summed E-state index contributed by atoms with van der Waals surface area (Å²) in [5.41, 5.74) is 4.13. The van der Waals surface area contributed by atoms with Crippen LogP contribution in [0, 0.1) is 0 Å². The molecule has 2 aromatic rings. The fourth-order valence-corrected chi connectivity index (χ4v) is 3.35. The molecular formula is C16H14S. The van der Waals surface area contributed by atoms with Crippen molar-refractivity contribution < 1.29 is 0 Å². The summed E-state index contributed by atoms with van der Waals surface area (Å²) < 4.78 is 0. The molecule has 0 atom stereocenters. The summed E-state index contributed by atoms with van der Waals surface area (Å²) in [6.45, 7) is 2.19. The minimum Gasteiger partial charge on any atom is -0.0888 e. The molecule has 3 rings (SSSR count). The van der Waals surface area contributed by atoms with Crippen molar-refractivity contribution in [1.82, 2.24) is 0 Å². The minimum atomic E-state index is 1.07. The van der Waals surface area contributed by atoms with Gasteiger partial charge in [-0.25, -0.2) is 0 Å². The fourth-order valence-electron chi connectivity index (χ4n) is 2.24. The first-order chi connectivity index (χ1) is 8.40. The molecule has 1 heterocycles. The van der Waals surface area contributed by atoms with E-state index < -0.39 is 0 Å². The van der Waals surface area contributed by atoms with Crippen molar-refractivity contribution in [3.05, 3.63) is 65.7 Å². The zero-order chi connectivity index (χ0) is 11.7. The van der Waals surface area contributed by atoms with E-state index in [0.717, 1.165) is 6.42 Å². The van der Waals surface area contributed by atoms with Gasteiger partial charge in [0.05, 0.1) is 0 Å². The molecule has 0 aromatic heterocycles. The molecule has 0 nitrogen and oxygen atoms in total. The molecule has 0 saturated heterocycles. The third kappa shape index (κ3) is 1.81. The molecule has 0 fully saturated rings. The lowest BCUT2D eigenvalue weighted by molar-refractivity contribution is 1.20. The summed E-state index contributed by atoms with van der Waals surface area (Å²) in [6, 6.07) is 17.3. The van der Waals surface area contributed by atoms with Gasteiger partial charge >= 0.3 is 0 Å². The fraction of sp³-hybridized carbons (Fsp3) is 0.125. The van der Waals surface area contributed by atoms with Crippen LogP contribution >= 0.6 is 11.8 Å². The van der Waals surface area contributed by atoms with E-state index in [9.17, 15) is 0 Å². The van der Waals surface area contributed by atoms with E-state index in [1.807, 2.05) is 11.8 Å². The summed E-state index contributed by atoms with van der Waals surface area (Å²) >= 11 is 1.87. The number of fused-ring (bicyclic) bond motifs is 2. The first kappa shape index (κ1) is 10.7. The maximum Gasteiger partial charge on any atom is 0.0201 e. The van der Waals surface area contributed by atoms with Gasteiger partial charge in [0.2, 0.25) is 0 Å². The second kappa shape index (κ2) is 4.42. The molecule has 1 aliphatic rings. The zero-order valence-electron chi connectivity index (χ0n) is 9.81. The molecule has 0 N–H and O–H groups in total. The lowest BCUT2D eigenvalue weighted by Gasteiger charge is -2.21. The molecule has 0 spiro atoms. The molecule has 2 aromatic carbocycles. The smallest absolute Gasteiger partial charge is 0.0201 e. The van der Waals surface area contributed by atoms with Gasteiger partial charge < -0.3 is 0 Å². The second-order valence-electron chi connectivity index (χ2n) is 4.12. The van der Waals surface area contributed by atoms with Crippen molar-refractivity contribution in [3.63, 3.8) is 0 Å². The van der Waals surface area contributed by atoms with Crippen LogP contribution in [0.25, 0.3) is 5.57 Å². The summed E-state index contributed by atoms with van der Waals surface area (Å²) in [7, 11) is 0. The lowest BCUT2D eigenvalue weighted by Crippen LogP contribution is -1.98. The largest absolute Gasteiger partial charge is 0.0888 e. The molecule has 17 heavy (non-hydrogen) atoms. The Kier molecular flexibility index (Phi) is 2.77. The van der Waals surface area contributed by atoms with Gasteiger partial charge in [-0.05, 0) is 35.3 Å². The molecule has 84 valence electrons. The Morgan fingerprint density at radius 2 is 1.41 bits per heavy atom. The van der Waals surface area contributed by atoms with Crippen LogP contribution in [-0.2, 0) is 0 Å². The maximum atomic E-state index is 2.33. The summed E-state index contributed by atoms with van der Waals surface area (Å²) in [6.07, 6.45) is 3.40. The SMILES string of the molecule is CCC=C1c2ccccc2Sc2ccccc21. The highest BCUT2D eigenvalue weighted by Crippen LogP contribution is 2.45. The van der Waals surface area contributed by atoms with Crippen molar-refractivity contribution >= 4 is 17.3 Å². The van der Waals surface area contributed by atoms with E-state index in [1.165, 1.54) is 26.5 Å². The van der Waals surface area contributed by atoms with Crippen LogP contribution in [-0.4, -0.2) is 0 Å². The van der Waals surface area contributed by atoms with Crippen molar-refractivity contribution in [2.24, 2.45) is 0 Å². The number of allylic oxidation sites excluding steroid dienone is 1. The topological polar surface area (TPSA) is 0 Å². The standard InChI is InChI=1S/C16H14S/c1-2-7-12-13-8-3-5-10-15(13)17-16-11-6-4-9-14(12)16/h3-11H,2H2,1H3. The van der Waals surface area contributed by atoms with E-state index in [0.29, 0.717) is 0 Å². The second-order valence-corrected chi connectivity index (χ2v) is 5.20. The Bertz CT molecular complexity index is 534. The molecular weight excluding hydrogens is 224 g/mol. The van der Waals surface area contributed by atoms with E-state index >= 15 is 0 Å². The van der Waals surface area contributed by atoms with Gasteiger partial charge in [0.25, 0.3) is 0 Å². The van der Waals surface area contributed by atoms with Gasteiger partial charge in [-0.1, -0.05) is 61.2 Å². The molecule has 0 radical (unpaired) electrons. The van der Waals surface area contributed by atoms with Crippen LogP contribution in [0.4, 0.5) is 0 Å². The summed E-state index contributed by atoms with van der Waals surface area (Å²) in [5, 5.41) is 0. The van der Waals surface area contributed by atoms with Gasteiger partial charge in [0.1, 0.15) is 0 Å². The number of rotatable bonds is 1. The lowest BCUT2D eigenvalue weighted by atomic mass is 9.96. The van der Waals surface area contributed by atoms with E-state index in [4.69, 9.17) is 0 Å². The van der Waals surface area contributed by atoms with E-state index in [-0.39, 0.29) is 0 Å². The van der Waals surface area contributed by atoms with E-state index in [2.05, 4.69) is 61.5 Å². The van der Waals surface area contributed by atoms with Crippen LogP contribution in [0.15, 0.2) is 64.4 Å². The van der Waals surface area contributed by atoms with Crippen LogP contribution in [0.1, 0.15) is 24.5 Å². The molecule has 0 bridgehead atoms. The Morgan fingerprint density at radius 3 is 1.94 bits per heavy atom. The third-order valence-electron chi connectivity index (χ3n) is 2.98. The quantitative estimate of drug-likeness (QED) is 0.575. The predicted molar refractivity (Wildman–Crippen MR) is 74.4 cm³/mol. The van der Waals surface area contributed by atoms with Crippen LogP contribution in [0.2, 0.25) is 0 Å². The molecule has 0 unspecified atom stereocenters. The molecule has 0 saturated carbocycles. The maximum absolute atomic E-state index is 2.33. The van der Waals surface area contributed by atoms with Crippen molar-refractivity contribution in [2.45, 2.75) is 23.1 Å². The zero-order valence-corrected chi connectivity index (χ0v) is 10.6. The molecule has 1 heteroatoms. The normalized spacial score (nSPS) is 12.9. The Morgan fingerprint density at radius 1 is 0.882 bits per heavy atom. The first-order valence-corrected chi connectivity index (χ1v) is 6.78. The Labute approximate surface area is 106 Å². The average Bonchev–Trinajstić information content (AvgIpc) is 2.39. The minimum absolute atomic E-state index is 1.07. The van der Waals surface area contributed by atoms with Crippen LogP contribution in [0.5, 0.6) is 0 Å². The monoisotopic (exact) mass is 238 g/mol. The highest BCUT2D eigenvalue weighted by Gasteiger charge is 2.19. The molecule has 0 aliphatic carbocycles. The van der Waals surface area contributed by atoms with Crippen LogP contribution in [0.3, 0.4) is 0 Å². The third-order valence-corrected chi connectivity index (χ3v) is 4.13. The average molecular weight is 238 g/mol. The van der Waals surface area contributed by atoms with Crippen molar-refractivity contribution in [3.8, 4) is 0 Å². The predicted octanol–water partition coefficient (Wildman–Crippen LogP) is 4.99. The van der Waals surface area contributed by atoms with E-state index in [1.54, 1.807) is 0 Å². The highest BCUT2D eigenvalue weighted by atomic mass is 32.2. The highest BCUT2D eigenvalue weighted by molar-refractivity contribution is 7.99. The number of hydrogen-bond acceptors (Lipinski definition) is 1. The first-order valence-electron chi connectivity index (χ1n) is 5.97. The summed E-state index contributed by atoms with van der Waals surface area (Å²) in [4.78, 5) is 2.73. The Balaban J connectivity index is 2.24. The number of hydrogen-bond donors (Lipinski definition) is 0. The molecule has 0 amide bonds. The van der Waals surface area contributed by atoms with Crippen molar-refractivity contribution in [1.29, 1.82) is 0 Å². The Hall–Kier alpha value is -1.47. The van der Waals surface area contributed by atoms with Gasteiger partial charge in [-0.15, -0.1) is 0 Å². The van der Waals surface area contributed by atoms with Crippen molar-refractivity contribution in [2.75, 3.05) is 0 Å². The molecule has 1 aliphatic heterocycles. The van der Waals surface area contributed by atoms with Gasteiger partial charge in [-0.2, -0.15) is 0 Å². The van der Waals surface area contributed by atoms with Gasteiger partial charge in [-0.3, -0.25) is 0 Å².